The van der Waals surface area contributed by atoms with Gasteiger partial charge in [-0.2, -0.15) is 0 Å². The molecule has 0 aliphatic carbocycles. The normalized spacial score (nSPS) is 17.4. The van der Waals surface area contributed by atoms with Gasteiger partial charge in [0, 0.05) is 36.5 Å². The Hall–Kier alpha value is -2.37. The minimum atomic E-state index is -0.543. The van der Waals surface area contributed by atoms with Gasteiger partial charge in [-0.1, -0.05) is 13.8 Å². The maximum atomic E-state index is 13.8. The van der Waals surface area contributed by atoms with Gasteiger partial charge in [-0.15, -0.1) is 0 Å². The highest BCUT2D eigenvalue weighted by Crippen LogP contribution is 2.32. The van der Waals surface area contributed by atoms with Crippen molar-refractivity contribution in [2.45, 2.75) is 26.7 Å². The van der Waals surface area contributed by atoms with Crippen LogP contribution < -0.4 is 4.90 Å². The summed E-state index contributed by atoms with van der Waals surface area (Å²) in [6.07, 6.45) is 4.12. The van der Waals surface area contributed by atoms with E-state index in [-0.39, 0.29) is 16.9 Å². The molecule has 23 heavy (non-hydrogen) atoms. The topological polar surface area (TPSA) is 46.1 Å². The van der Waals surface area contributed by atoms with E-state index in [0.29, 0.717) is 24.5 Å². The number of rotatable bonds is 2. The van der Waals surface area contributed by atoms with Gasteiger partial charge >= 0.3 is 0 Å². The Morgan fingerprint density at radius 1 is 1.17 bits per heavy atom. The largest absolute Gasteiger partial charge is 0.281 e. The molecule has 0 unspecified atom stereocenters. The fourth-order valence-corrected chi connectivity index (χ4v) is 2.66. The molecule has 1 aliphatic rings. The number of carbonyl (C=O) groups excluding carboxylic acids is 1. The third-order valence-corrected chi connectivity index (χ3v) is 4.06. The fourth-order valence-electron chi connectivity index (χ4n) is 2.66. The van der Waals surface area contributed by atoms with Crippen LogP contribution in [0.3, 0.4) is 0 Å². The molecule has 0 radical (unpaired) electrons. The number of nitrogens with zero attached hydrogens (tertiary/aromatic N) is 3. The van der Waals surface area contributed by atoms with E-state index in [4.69, 9.17) is 0 Å². The second kappa shape index (κ2) is 5.68. The molecular weight excluding hydrogens is 300 g/mol. The maximum Gasteiger partial charge on any atom is 0.232 e. The van der Waals surface area contributed by atoms with Crippen LogP contribution in [0.25, 0.3) is 11.1 Å². The smallest absolute Gasteiger partial charge is 0.232 e. The van der Waals surface area contributed by atoms with Crippen molar-refractivity contribution in [1.82, 2.24) is 9.97 Å². The lowest BCUT2D eigenvalue weighted by Gasteiger charge is -2.35. The summed E-state index contributed by atoms with van der Waals surface area (Å²) in [7, 11) is 0. The van der Waals surface area contributed by atoms with Crippen molar-refractivity contribution in [2.24, 2.45) is 5.41 Å². The summed E-state index contributed by atoms with van der Waals surface area (Å²) < 4.78 is 27.0. The highest BCUT2D eigenvalue weighted by Gasteiger charge is 2.33. The van der Waals surface area contributed by atoms with Gasteiger partial charge in [0.1, 0.15) is 11.6 Å². The Bertz CT molecular complexity index is 744. The number of halogens is 2. The van der Waals surface area contributed by atoms with Crippen LogP contribution in [-0.4, -0.2) is 22.4 Å². The van der Waals surface area contributed by atoms with E-state index < -0.39 is 11.6 Å². The standard InChI is InChI=1S/C17H17F2N3O/c1-17(2)5-6-22(15(23)8-17)16-20-9-11(10-21-16)13-7-12(18)3-4-14(13)19/h3-4,7,9-10H,5-6,8H2,1-2H3. The van der Waals surface area contributed by atoms with Crippen molar-refractivity contribution in [2.75, 3.05) is 11.4 Å². The molecule has 2 aromatic rings. The van der Waals surface area contributed by atoms with Crippen LogP contribution in [0.4, 0.5) is 14.7 Å². The fraction of sp³-hybridized carbons (Fsp3) is 0.353. The minimum Gasteiger partial charge on any atom is -0.281 e. The molecule has 1 saturated heterocycles. The zero-order valence-electron chi connectivity index (χ0n) is 13.0. The summed E-state index contributed by atoms with van der Waals surface area (Å²) >= 11 is 0. The second-order valence-corrected chi connectivity index (χ2v) is 6.53. The molecule has 1 amide bonds. The van der Waals surface area contributed by atoms with E-state index >= 15 is 0 Å². The predicted octanol–water partition coefficient (Wildman–Crippen LogP) is 3.57. The van der Waals surface area contributed by atoms with Crippen molar-refractivity contribution in [3.8, 4) is 11.1 Å². The van der Waals surface area contributed by atoms with Crippen molar-refractivity contribution < 1.29 is 13.6 Å². The van der Waals surface area contributed by atoms with Crippen LogP contribution in [0, 0.1) is 17.0 Å². The number of benzene rings is 1. The van der Waals surface area contributed by atoms with Crippen LogP contribution in [0.15, 0.2) is 30.6 Å². The quantitative estimate of drug-likeness (QED) is 0.850. The molecule has 0 bridgehead atoms. The molecule has 4 nitrogen and oxygen atoms in total. The molecule has 2 heterocycles. The monoisotopic (exact) mass is 317 g/mol. The number of piperidine rings is 1. The van der Waals surface area contributed by atoms with Gasteiger partial charge in [-0.3, -0.25) is 9.69 Å². The third-order valence-electron chi connectivity index (χ3n) is 4.06. The summed E-state index contributed by atoms with van der Waals surface area (Å²) in [6, 6.07) is 3.22. The van der Waals surface area contributed by atoms with Gasteiger partial charge in [0.05, 0.1) is 0 Å². The van der Waals surface area contributed by atoms with Crippen LogP contribution in [0.5, 0.6) is 0 Å². The first kappa shape index (κ1) is 15.5. The SMILES string of the molecule is CC1(C)CCN(c2ncc(-c3cc(F)ccc3F)cn2)C(=O)C1. The number of amides is 1. The Balaban J connectivity index is 1.85. The van der Waals surface area contributed by atoms with Crippen LogP contribution in [0.1, 0.15) is 26.7 Å². The first-order valence-corrected chi connectivity index (χ1v) is 7.44. The lowest BCUT2D eigenvalue weighted by Crippen LogP contribution is -2.42. The van der Waals surface area contributed by atoms with Crippen molar-refractivity contribution in [1.29, 1.82) is 0 Å². The van der Waals surface area contributed by atoms with E-state index in [0.717, 1.165) is 24.6 Å². The van der Waals surface area contributed by atoms with Crippen molar-refractivity contribution >= 4 is 11.9 Å². The number of carbonyl (C=O) groups is 1. The molecule has 1 aromatic heterocycles. The summed E-state index contributed by atoms with van der Waals surface area (Å²) in [5, 5.41) is 0. The first-order chi connectivity index (χ1) is 10.9. The molecule has 3 rings (SSSR count). The highest BCUT2D eigenvalue weighted by molar-refractivity contribution is 5.92. The molecule has 6 heteroatoms. The molecule has 0 saturated carbocycles. The Morgan fingerprint density at radius 3 is 2.52 bits per heavy atom. The van der Waals surface area contributed by atoms with E-state index in [2.05, 4.69) is 23.8 Å². The molecule has 120 valence electrons. The van der Waals surface area contributed by atoms with E-state index in [9.17, 15) is 13.6 Å². The Labute approximate surface area is 133 Å². The maximum absolute atomic E-state index is 13.8. The predicted molar refractivity (Wildman–Crippen MR) is 82.8 cm³/mol. The number of aromatic nitrogens is 2. The minimum absolute atomic E-state index is 0.0157. The van der Waals surface area contributed by atoms with Gasteiger partial charge in [0.2, 0.25) is 11.9 Å². The second-order valence-electron chi connectivity index (χ2n) is 6.53. The average Bonchev–Trinajstić information content (AvgIpc) is 2.49. The summed E-state index contributed by atoms with van der Waals surface area (Å²) in [6.45, 7) is 4.66. The van der Waals surface area contributed by atoms with E-state index in [1.54, 1.807) is 0 Å². The molecular formula is C17H17F2N3O. The third kappa shape index (κ3) is 3.21. The van der Waals surface area contributed by atoms with Gasteiger partial charge in [0.15, 0.2) is 0 Å². The summed E-state index contributed by atoms with van der Waals surface area (Å²) in [5.41, 5.74) is 0.455. The average molecular weight is 317 g/mol. The first-order valence-electron chi connectivity index (χ1n) is 7.44. The number of anilines is 1. The molecule has 1 fully saturated rings. The van der Waals surface area contributed by atoms with Crippen LogP contribution in [-0.2, 0) is 4.79 Å². The van der Waals surface area contributed by atoms with Gasteiger partial charge in [0.25, 0.3) is 0 Å². The van der Waals surface area contributed by atoms with Crippen LogP contribution >= 0.6 is 0 Å². The Morgan fingerprint density at radius 2 is 1.87 bits per heavy atom. The van der Waals surface area contributed by atoms with E-state index in [1.165, 1.54) is 17.3 Å². The van der Waals surface area contributed by atoms with Gasteiger partial charge in [-0.25, -0.2) is 18.7 Å². The lowest BCUT2D eigenvalue weighted by atomic mass is 9.82. The zero-order valence-corrected chi connectivity index (χ0v) is 13.0. The lowest BCUT2D eigenvalue weighted by molar-refractivity contribution is -0.122. The van der Waals surface area contributed by atoms with Crippen molar-refractivity contribution in [3.63, 3.8) is 0 Å². The number of hydrogen-bond acceptors (Lipinski definition) is 3. The number of hydrogen-bond donors (Lipinski definition) is 0. The van der Waals surface area contributed by atoms with Gasteiger partial charge < -0.3 is 0 Å². The molecule has 1 aliphatic heterocycles. The van der Waals surface area contributed by atoms with Gasteiger partial charge in [-0.05, 0) is 30.0 Å². The molecule has 0 atom stereocenters. The molecule has 0 spiro atoms. The molecule has 0 N–H and O–H groups in total. The summed E-state index contributed by atoms with van der Waals surface area (Å²) in [4.78, 5) is 22.0. The Kier molecular flexibility index (Phi) is 3.83. The van der Waals surface area contributed by atoms with E-state index in [1.807, 2.05) is 0 Å². The summed E-state index contributed by atoms with van der Waals surface area (Å²) in [5.74, 6) is -0.797. The highest BCUT2D eigenvalue weighted by atomic mass is 19.1. The zero-order chi connectivity index (χ0) is 16.6. The van der Waals surface area contributed by atoms with Crippen LogP contribution in [0.2, 0.25) is 0 Å². The molecule has 1 aromatic carbocycles. The van der Waals surface area contributed by atoms with Crippen molar-refractivity contribution in [3.05, 3.63) is 42.2 Å².